The van der Waals surface area contributed by atoms with Crippen molar-refractivity contribution in [3.05, 3.63) is 29.8 Å². The van der Waals surface area contributed by atoms with Gasteiger partial charge in [0.25, 0.3) is 8.32 Å². The number of Topliss-reactive ketones (excluding diaryl/α,β-unsaturated/α-hetero) is 1. The van der Waals surface area contributed by atoms with Crippen LogP contribution in [0.4, 0.5) is 0 Å². The third-order valence-corrected chi connectivity index (χ3v) is 15.8. The summed E-state index contributed by atoms with van der Waals surface area (Å²) in [5.41, 5.74) is 1.59. The molecule has 1 unspecified atom stereocenters. The second-order valence-electron chi connectivity index (χ2n) is 11.4. The van der Waals surface area contributed by atoms with Crippen LogP contribution in [0.1, 0.15) is 53.5 Å². The first kappa shape index (κ1) is 24.9. The summed E-state index contributed by atoms with van der Waals surface area (Å²) in [7, 11) is -2.34. The SMILES string of the molecule is COc1ccc(C2=CC(O[Si](C)(C)C(C)(C)C)CC2=O)cc1O[Si](C)(C)C(C)(C)C. The number of ether oxygens (including phenoxy) is 1. The van der Waals surface area contributed by atoms with Crippen molar-refractivity contribution in [1.29, 1.82) is 0 Å². The van der Waals surface area contributed by atoms with Crippen LogP contribution in [0.25, 0.3) is 5.57 Å². The van der Waals surface area contributed by atoms with E-state index in [2.05, 4.69) is 67.7 Å². The second-order valence-corrected chi connectivity index (χ2v) is 20.8. The van der Waals surface area contributed by atoms with E-state index in [1.165, 1.54) is 0 Å². The van der Waals surface area contributed by atoms with Crippen LogP contribution in [0.2, 0.25) is 36.3 Å². The topological polar surface area (TPSA) is 44.8 Å². The average Bonchev–Trinajstić information content (AvgIpc) is 2.92. The first-order valence-electron chi connectivity index (χ1n) is 10.8. The number of ketones is 1. The Morgan fingerprint density at radius 3 is 1.97 bits per heavy atom. The highest BCUT2D eigenvalue weighted by Crippen LogP contribution is 2.42. The molecule has 2 rings (SSSR count). The van der Waals surface area contributed by atoms with E-state index in [9.17, 15) is 4.79 Å². The fourth-order valence-corrected chi connectivity index (χ4v) is 5.15. The summed E-state index contributed by atoms with van der Waals surface area (Å²) in [6.45, 7) is 22.1. The minimum atomic E-state index is -2.04. The lowest BCUT2D eigenvalue weighted by atomic mass is 10.0. The summed E-state index contributed by atoms with van der Waals surface area (Å²) in [6.07, 6.45) is 2.26. The monoisotopic (exact) mass is 448 g/mol. The number of carbonyl (C=O) groups excluding carboxylic acids is 1. The summed E-state index contributed by atoms with van der Waals surface area (Å²) < 4.78 is 18.6. The molecule has 0 amide bonds. The van der Waals surface area contributed by atoms with Crippen LogP contribution in [0.3, 0.4) is 0 Å². The highest BCUT2D eigenvalue weighted by Gasteiger charge is 2.41. The quantitative estimate of drug-likeness (QED) is 0.448. The van der Waals surface area contributed by atoms with Crippen molar-refractivity contribution in [2.24, 2.45) is 0 Å². The number of carbonyl (C=O) groups is 1. The molecule has 0 saturated carbocycles. The molecule has 6 heteroatoms. The Balaban J connectivity index is 2.36. The minimum Gasteiger partial charge on any atom is -0.541 e. The fraction of sp³-hybridized carbons (Fsp3) is 0.625. The van der Waals surface area contributed by atoms with Gasteiger partial charge < -0.3 is 13.6 Å². The van der Waals surface area contributed by atoms with E-state index in [0.29, 0.717) is 17.9 Å². The van der Waals surface area contributed by atoms with Crippen molar-refractivity contribution in [3.63, 3.8) is 0 Å². The number of methoxy groups -OCH3 is 1. The molecule has 0 aromatic heterocycles. The van der Waals surface area contributed by atoms with Crippen molar-refractivity contribution in [2.45, 2.75) is 90.3 Å². The predicted octanol–water partition coefficient (Wildman–Crippen LogP) is 6.83. The van der Waals surface area contributed by atoms with E-state index >= 15 is 0 Å². The number of rotatable bonds is 6. The maximum absolute atomic E-state index is 12.8. The van der Waals surface area contributed by atoms with E-state index in [-0.39, 0.29) is 22.0 Å². The molecule has 1 aromatic rings. The van der Waals surface area contributed by atoms with E-state index in [1.807, 2.05) is 24.3 Å². The average molecular weight is 449 g/mol. The normalized spacial score (nSPS) is 18.4. The van der Waals surface area contributed by atoms with Crippen molar-refractivity contribution < 1.29 is 18.4 Å². The van der Waals surface area contributed by atoms with Gasteiger partial charge in [-0.15, -0.1) is 0 Å². The van der Waals surface area contributed by atoms with Crippen LogP contribution in [-0.2, 0) is 9.22 Å². The molecule has 4 nitrogen and oxygen atoms in total. The summed E-state index contributed by atoms with van der Waals surface area (Å²) in [5.74, 6) is 1.54. The van der Waals surface area contributed by atoms with Crippen LogP contribution < -0.4 is 9.16 Å². The summed E-state index contributed by atoms with van der Waals surface area (Å²) in [5, 5.41) is 0.176. The van der Waals surface area contributed by atoms with Gasteiger partial charge in [0, 0.05) is 12.0 Å². The van der Waals surface area contributed by atoms with Gasteiger partial charge in [-0.2, -0.15) is 0 Å². The van der Waals surface area contributed by atoms with Gasteiger partial charge in [-0.1, -0.05) is 47.6 Å². The highest BCUT2D eigenvalue weighted by molar-refractivity contribution is 6.75. The zero-order valence-electron chi connectivity index (χ0n) is 20.7. The third-order valence-electron chi connectivity index (χ3n) is 6.94. The molecule has 0 aliphatic heterocycles. The minimum absolute atomic E-state index is 0.0680. The Bertz CT molecular complexity index is 827. The molecule has 0 N–H and O–H groups in total. The van der Waals surface area contributed by atoms with Gasteiger partial charge in [0.1, 0.15) is 5.75 Å². The smallest absolute Gasteiger partial charge is 0.250 e. The molecule has 0 radical (unpaired) electrons. The summed E-state index contributed by atoms with van der Waals surface area (Å²) in [4.78, 5) is 12.8. The van der Waals surface area contributed by atoms with Crippen LogP contribution in [0.5, 0.6) is 11.5 Å². The highest BCUT2D eigenvalue weighted by atomic mass is 28.4. The Labute approximate surface area is 185 Å². The second kappa shape index (κ2) is 8.28. The van der Waals surface area contributed by atoms with Crippen molar-refractivity contribution in [1.82, 2.24) is 0 Å². The molecule has 1 aliphatic rings. The first-order chi connectivity index (χ1) is 13.5. The molecular formula is C24H40O4Si2. The molecule has 0 bridgehead atoms. The zero-order chi connectivity index (χ0) is 23.1. The Morgan fingerprint density at radius 2 is 1.47 bits per heavy atom. The Kier molecular flexibility index (Phi) is 6.87. The van der Waals surface area contributed by atoms with Gasteiger partial charge in [0.15, 0.2) is 19.9 Å². The molecule has 168 valence electrons. The maximum Gasteiger partial charge on any atom is 0.250 e. The van der Waals surface area contributed by atoms with Crippen molar-refractivity contribution in [2.75, 3.05) is 7.11 Å². The largest absolute Gasteiger partial charge is 0.541 e. The van der Waals surface area contributed by atoms with Gasteiger partial charge in [-0.05, 0) is 60.0 Å². The number of benzene rings is 1. The number of hydrogen-bond acceptors (Lipinski definition) is 4. The molecule has 0 saturated heterocycles. The van der Waals surface area contributed by atoms with E-state index < -0.39 is 16.6 Å². The third kappa shape index (κ3) is 5.26. The van der Waals surface area contributed by atoms with Gasteiger partial charge in [-0.25, -0.2) is 0 Å². The van der Waals surface area contributed by atoms with Gasteiger partial charge >= 0.3 is 0 Å². The molecule has 0 heterocycles. The van der Waals surface area contributed by atoms with E-state index in [0.717, 1.165) is 11.1 Å². The van der Waals surface area contributed by atoms with Crippen LogP contribution in [-0.4, -0.2) is 35.6 Å². The molecule has 0 spiro atoms. The van der Waals surface area contributed by atoms with Crippen LogP contribution in [0.15, 0.2) is 24.3 Å². The number of allylic oxidation sites excluding steroid dienone is 1. The molecule has 1 aromatic carbocycles. The van der Waals surface area contributed by atoms with Crippen LogP contribution in [0, 0.1) is 0 Å². The Hall–Kier alpha value is -1.38. The fourth-order valence-electron chi connectivity index (χ4n) is 2.87. The lowest BCUT2D eigenvalue weighted by Crippen LogP contribution is -2.43. The van der Waals surface area contributed by atoms with Crippen molar-refractivity contribution >= 4 is 28.0 Å². The van der Waals surface area contributed by atoms with E-state index in [1.54, 1.807) is 7.11 Å². The van der Waals surface area contributed by atoms with Gasteiger partial charge in [0.2, 0.25) is 0 Å². The number of hydrogen-bond donors (Lipinski definition) is 0. The lowest BCUT2D eigenvalue weighted by molar-refractivity contribution is -0.114. The standard InChI is InChI=1S/C24H40O4Si2/c1-23(2,3)29(8,9)27-18-15-19(20(25)16-18)17-12-13-21(26-7)22(14-17)28-30(10,11)24(4,5)6/h12-15,18H,16H2,1-11H3. The van der Waals surface area contributed by atoms with Crippen molar-refractivity contribution in [3.8, 4) is 11.5 Å². The van der Waals surface area contributed by atoms with Gasteiger partial charge in [-0.3, -0.25) is 4.79 Å². The molecule has 1 aliphatic carbocycles. The molecular weight excluding hydrogens is 408 g/mol. The lowest BCUT2D eigenvalue weighted by Gasteiger charge is -2.37. The zero-order valence-corrected chi connectivity index (χ0v) is 22.7. The molecule has 30 heavy (non-hydrogen) atoms. The summed E-state index contributed by atoms with van der Waals surface area (Å²) in [6, 6.07) is 5.79. The predicted molar refractivity (Wildman–Crippen MR) is 130 cm³/mol. The van der Waals surface area contributed by atoms with E-state index in [4.69, 9.17) is 13.6 Å². The molecule has 0 fully saturated rings. The first-order valence-corrected chi connectivity index (χ1v) is 16.6. The molecule has 1 atom stereocenters. The maximum atomic E-state index is 12.8. The Morgan fingerprint density at radius 1 is 0.900 bits per heavy atom. The van der Waals surface area contributed by atoms with Gasteiger partial charge in [0.05, 0.1) is 13.2 Å². The van der Waals surface area contributed by atoms with Crippen LogP contribution >= 0.6 is 0 Å². The summed E-state index contributed by atoms with van der Waals surface area (Å²) >= 11 is 0.